The van der Waals surface area contributed by atoms with E-state index in [9.17, 15) is 56.3 Å². The van der Waals surface area contributed by atoms with Gasteiger partial charge < -0.3 is 25.3 Å². The van der Waals surface area contributed by atoms with E-state index in [0.717, 1.165) is 75.2 Å². The Morgan fingerprint density at radius 2 is 1.12 bits per heavy atom. The number of amides is 9. The van der Waals surface area contributed by atoms with E-state index in [1.807, 2.05) is 6.92 Å². The van der Waals surface area contributed by atoms with Crippen molar-refractivity contribution in [2.45, 2.75) is 52.6 Å². The molecule has 20 heteroatoms. The van der Waals surface area contributed by atoms with Crippen LogP contribution >= 0.6 is 0 Å². The fourth-order valence-corrected chi connectivity index (χ4v) is 3.16. The number of hydrogen-bond acceptors (Lipinski definition) is 12. The maximum atomic E-state index is 11.7. The molecule has 0 radical (unpaired) electrons. The topological polar surface area (TPSA) is 229 Å². The SMILES string of the molecule is CCCCCN1C(=O)C=CC1=O.CCCOCC.COC(=O)N1C(=O)C=CC1=O.COC(N)=O.O=C1C=CC(=O)N1CCNC(=O)C(F)(F)F. The van der Waals surface area contributed by atoms with Crippen LogP contribution in [0.4, 0.5) is 22.8 Å². The average Bonchev–Trinajstić information content (AvgIpc) is 3.70. The Labute approximate surface area is 286 Å². The zero-order chi connectivity index (χ0) is 38.9. The van der Waals surface area contributed by atoms with Crippen molar-refractivity contribution < 1.29 is 70.5 Å². The van der Waals surface area contributed by atoms with Crippen molar-refractivity contribution in [1.29, 1.82) is 0 Å². The van der Waals surface area contributed by atoms with Crippen LogP contribution in [0.3, 0.4) is 0 Å². The van der Waals surface area contributed by atoms with Gasteiger partial charge in [0.1, 0.15) is 0 Å². The summed E-state index contributed by atoms with van der Waals surface area (Å²) < 4.78 is 48.2. The number of unbranched alkanes of at least 4 members (excludes halogenated alkanes) is 2. The number of methoxy groups -OCH3 is 2. The number of nitrogens with one attached hydrogen (secondary N) is 1. The van der Waals surface area contributed by atoms with Crippen LogP contribution in [0.25, 0.3) is 0 Å². The monoisotopic (exact) mass is 721 g/mol. The third-order valence-corrected chi connectivity index (χ3v) is 5.59. The number of alkyl halides is 3. The summed E-state index contributed by atoms with van der Waals surface area (Å²) in [5.41, 5.74) is 4.43. The second-order valence-electron chi connectivity index (χ2n) is 9.32. The van der Waals surface area contributed by atoms with Crippen LogP contribution in [0.1, 0.15) is 46.5 Å². The number of ether oxygens (including phenoxy) is 3. The van der Waals surface area contributed by atoms with E-state index in [0.29, 0.717) is 11.4 Å². The van der Waals surface area contributed by atoms with Gasteiger partial charge in [-0.05, 0) is 19.8 Å². The molecule has 3 aliphatic heterocycles. The second kappa shape index (κ2) is 25.6. The van der Waals surface area contributed by atoms with Crippen LogP contribution in [0.2, 0.25) is 0 Å². The van der Waals surface area contributed by atoms with E-state index in [1.54, 1.807) is 5.32 Å². The van der Waals surface area contributed by atoms with Gasteiger partial charge in [0.05, 0.1) is 14.2 Å². The zero-order valence-electron chi connectivity index (χ0n) is 28.3. The highest BCUT2D eigenvalue weighted by atomic mass is 19.4. The molecule has 280 valence electrons. The lowest BCUT2D eigenvalue weighted by atomic mass is 10.2. The fourth-order valence-electron chi connectivity index (χ4n) is 3.16. The minimum atomic E-state index is -4.96. The number of nitrogens with zero attached hydrogens (tertiary/aromatic N) is 3. The van der Waals surface area contributed by atoms with Gasteiger partial charge in [0.25, 0.3) is 35.4 Å². The second-order valence-corrected chi connectivity index (χ2v) is 9.32. The molecule has 17 nitrogen and oxygen atoms in total. The van der Waals surface area contributed by atoms with E-state index >= 15 is 0 Å². The molecule has 0 saturated carbocycles. The van der Waals surface area contributed by atoms with E-state index in [1.165, 1.54) is 24.2 Å². The lowest BCUT2D eigenvalue weighted by Crippen LogP contribution is -2.42. The lowest BCUT2D eigenvalue weighted by molar-refractivity contribution is -0.173. The van der Waals surface area contributed by atoms with E-state index in [2.05, 4.69) is 29.1 Å². The number of halogens is 3. The summed E-state index contributed by atoms with van der Waals surface area (Å²) in [5, 5.41) is 1.55. The third-order valence-electron chi connectivity index (χ3n) is 5.59. The Kier molecular flexibility index (Phi) is 23.9. The zero-order valence-corrected chi connectivity index (χ0v) is 28.3. The normalized spacial score (nSPS) is 14.2. The van der Waals surface area contributed by atoms with E-state index in [4.69, 9.17) is 4.74 Å². The number of rotatable bonds is 10. The largest absolute Gasteiger partial charge is 0.471 e. The van der Waals surface area contributed by atoms with Gasteiger partial charge in [-0.15, -0.1) is 0 Å². The molecule has 3 N–H and O–H groups in total. The first-order valence-electron chi connectivity index (χ1n) is 14.9. The van der Waals surface area contributed by atoms with Crippen molar-refractivity contribution in [1.82, 2.24) is 20.0 Å². The molecule has 0 saturated heterocycles. The molecule has 0 bridgehead atoms. The van der Waals surface area contributed by atoms with E-state index in [-0.39, 0.29) is 18.4 Å². The van der Waals surface area contributed by atoms with Crippen molar-refractivity contribution in [3.8, 4) is 0 Å². The Hall–Kier alpha value is -5.40. The summed E-state index contributed by atoms with van der Waals surface area (Å²) in [6.45, 7) is 7.82. The predicted octanol–water partition coefficient (Wildman–Crippen LogP) is 1.51. The maximum absolute atomic E-state index is 11.7. The molecule has 0 unspecified atom stereocenters. The molecule has 0 fully saturated rings. The van der Waals surface area contributed by atoms with Crippen LogP contribution in [0.5, 0.6) is 0 Å². The van der Waals surface area contributed by atoms with Gasteiger partial charge in [-0.1, -0.05) is 26.7 Å². The molecule has 0 aromatic carbocycles. The molecule has 50 heavy (non-hydrogen) atoms. The number of carbonyl (C=O) groups is 9. The molecule has 9 amide bonds. The smallest absolute Gasteiger partial charge is 0.453 e. The molecule has 0 spiro atoms. The first-order chi connectivity index (χ1) is 23.4. The lowest BCUT2D eigenvalue weighted by Gasteiger charge is -2.14. The Balaban J connectivity index is 0. The highest BCUT2D eigenvalue weighted by Crippen LogP contribution is 2.14. The molecule has 0 aromatic heterocycles. The number of carbonyl (C=O) groups excluding carboxylic acids is 9. The first kappa shape index (κ1) is 46.7. The van der Waals surface area contributed by atoms with Crippen molar-refractivity contribution in [2.24, 2.45) is 5.73 Å². The molecule has 0 aromatic rings. The standard InChI is InChI=1S/C9H13NO2.C8H7F3N2O3.C6H5NO4.C5H12O.C2H5NO2/c1-2-3-4-7-10-8(11)5-6-9(10)12;9-8(10,11)7(16)12-3-4-13-5(14)1-2-6(13)15;1-11-6(10)7-4(8)2-3-5(7)9;1-3-5-6-4-2;1-5-2(3)4/h5-6H,2-4,7H2,1H3;1-2H,3-4H2,(H,12,16);2-3H,1H3;3-5H2,1-2H3;1H3,(H2,3,4). The third kappa shape index (κ3) is 19.4. The number of primary amides is 1. The Morgan fingerprint density at radius 3 is 1.44 bits per heavy atom. The summed E-state index contributed by atoms with van der Waals surface area (Å²) >= 11 is 0. The quantitative estimate of drug-likeness (QED) is 0.242. The molecule has 0 atom stereocenters. The van der Waals surface area contributed by atoms with Crippen molar-refractivity contribution in [2.75, 3.05) is 47.1 Å². The molecule has 3 aliphatic rings. The maximum Gasteiger partial charge on any atom is 0.471 e. The highest BCUT2D eigenvalue weighted by Gasteiger charge is 2.38. The summed E-state index contributed by atoms with van der Waals surface area (Å²) in [7, 11) is 2.32. The van der Waals surface area contributed by atoms with Crippen LogP contribution in [-0.4, -0.2) is 121 Å². The summed E-state index contributed by atoms with van der Waals surface area (Å²) in [6, 6.07) is 0. The summed E-state index contributed by atoms with van der Waals surface area (Å²) in [6.07, 6.45) is 4.25. The van der Waals surface area contributed by atoms with Gasteiger partial charge >= 0.3 is 24.3 Å². The van der Waals surface area contributed by atoms with Crippen LogP contribution in [0.15, 0.2) is 36.5 Å². The fraction of sp³-hybridized carbons (Fsp3) is 0.500. The Bertz CT molecular complexity index is 1240. The van der Waals surface area contributed by atoms with Gasteiger partial charge in [0.2, 0.25) is 0 Å². The van der Waals surface area contributed by atoms with Gasteiger partial charge in [0.15, 0.2) is 0 Å². The number of nitrogens with two attached hydrogens (primary N) is 1. The van der Waals surface area contributed by atoms with Gasteiger partial charge in [-0.25, -0.2) is 9.59 Å². The summed E-state index contributed by atoms with van der Waals surface area (Å²) in [4.78, 5) is 98.1. The molecule has 3 heterocycles. The van der Waals surface area contributed by atoms with Crippen LogP contribution < -0.4 is 11.1 Å². The van der Waals surface area contributed by atoms with E-state index < -0.39 is 54.4 Å². The van der Waals surface area contributed by atoms with Crippen LogP contribution in [0, 0.1) is 0 Å². The summed E-state index contributed by atoms with van der Waals surface area (Å²) in [5.74, 6) is -4.98. The minimum absolute atomic E-state index is 0.170. The molecule has 0 aliphatic carbocycles. The van der Waals surface area contributed by atoms with Crippen molar-refractivity contribution in [3.05, 3.63) is 36.5 Å². The van der Waals surface area contributed by atoms with Crippen molar-refractivity contribution >= 4 is 53.5 Å². The minimum Gasteiger partial charge on any atom is -0.453 e. The van der Waals surface area contributed by atoms with Crippen molar-refractivity contribution in [3.63, 3.8) is 0 Å². The molecular weight excluding hydrogens is 679 g/mol. The average molecular weight is 722 g/mol. The number of hydrogen-bond donors (Lipinski definition) is 2. The predicted molar refractivity (Wildman–Crippen MR) is 167 cm³/mol. The van der Waals surface area contributed by atoms with Gasteiger partial charge in [0, 0.05) is 69.3 Å². The first-order valence-corrected chi connectivity index (χ1v) is 14.9. The molecular formula is C30H42F3N5O12. The van der Waals surface area contributed by atoms with Gasteiger partial charge in [-0.3, -0.25) is 43.4 Å². The highest BCUT2D eigenvalue weighted by molar-refractivity contribution is 6.21. The van der Waals surface area contributed by atoms with Crippen LogP contribution in [-0.2, 0) is 47.8 Å². The molecule has 3 rings (SSSR count). The number of imide groups is 5. The Morgan fingerprint density at radius 1 is 0.700 bits per heavy atom. The van der Waals surface area contributed by atoms with Gasteiger partial charge in [-0.2, -0.15) is 18.1 Å².